The molecule has 0 aromatic carbocycles. The molecule has 2 aliphatic heterocycles. The van der Waals surface area contributed by atoms with E-state index in [1.807, 2.05) is 0 Å². The van der Waals surface area contributed by atoms with E-state index in [9.17, 15) is 14.9 Å². The Morgan fingerprint density at radius 3 is 2.50 bits per heavy atom. The molecule has 2 unspecified atom stereocenters. The molecule has 4 aliphatic rings. The molecule has 4 fully saturated rings. The summed E-state index contributed by atoms with van der Waals surface area (Å²) in [6, 6.07) is 2.17. The highest BCUT2D eigenvalue weighted by molar-refractivity contribution is 5.88. The predicted molar refractivity (Wildman–Crippen MR) is 112 cm³/mol. The summed E-state index contributed by atoms with van der Waals surface area (Å²) in [7, 11) is 0. The molecule has 2 N–H and O–H groups in total. The lowest BCUT2D eigenvalue weighted by molar-refractivity contribution is -0.124. The maximum absolute atomic E-state index is 13.3. The number of ether oxygens (including phenoxy) is 1. The van der Waals surface area contributed by atoms with Crippen molar-refractivity contribution in [2.75, 3.05) is 39.4 Å². The van der Waals surface area contributed by atoms with Gasteiger partial charge in [0.15, 0.2) is 0 Å². The van der Waals surface area contributed by atoms with Crippen LogP contribution in [0.4, 0.5) is 4.79 Å². The van der Waals surface area contributed by atoms with E-state index in [0.29, 0.717) is 57.6 Å². The van der Waals surface area contributed by atoms with E-state index < -0.39 is 11.6 Å². The van der Waals surface area contributed by atoms with Crippen LogP contribution in [0.2, 0.25) is 0 Å². The number of carbonyl (C=O) groups is 2. The molecule has 8 heteroatoms. The zero-order chi connectivity index (χ0) is 21.0. The summed E-state index contributed by atoms with van der Waals surface area (Å²) in [5.74, 6) is 0.241. The first-order valence-electron chi connectivity index (χ1n) is 11.7. The molecule has 8 nitrogen and oxygen atoms in total. The van der Waals surface area contributed by atoms with Gasteiger partial charge in [-0.05, 0) is 31.6 Å². The van der Waals surface area contributed by atoms with E-state index in [-0.39, 0.29) is 11.9 Å². The van der Waals surface area contributed by atoms with Gasteiger partial charge in [-0.2, -0.15) is 5.26 Å². The first-order valence-corrected chi connectivity index (χ1v) is 11.7. The summed E-state index contributed by atoms with van der Waals surface area (Å²) in [6.07, 6.45) is 9.53. The standard InChI is InChI=1S/C22H35N5O3/c23-15-22(8-9-27(16-22)18-6-7-18)25-20(28)19(14-17-4-2-1-3-5-17)24-21(29)26-10-12-30-13-11-26/h17-19H,1-14,16H2,(H,24,29)(H,25,28). The lowest BCUT2D eigenvalue weighted by Crippen LogP contribution is -2.58. The smallest absolute Gasteiger partial charge is 0.318 e. The van der Waals surface area contributed by atoms with Crippen LogP contribution in [0.25, 0.3) is 0 Å². The Kier molecular flexibility index (Phi) is 6.79. The number of hydrogen-bond acceptors (Lipinski definition) is 5. The first kappa shape index (κ1) is 21.4. The molecular formula is C22H35N5O3. The van der Waals surface area contributed by atoms with Gasteiger partial charge in [-0.25, -0.2) is 4.79 Å². The molecule has 0 aromatic rings. The quantitative estimate of drug-likeness (QED) is 0.684. The van der Waals surface area contributed by atoms with Crippen molar-refractivity contribution in [1.82, 2.24) is 20.4 Å². The molecule has 3 amide bonds. The maximum Gasteiger partial charge on any atom is 0.318 e. The number of hydrogen-bond donors (Lipinski definition) is 2. The van der Waals surface area contributed by atoms with E-state index in [1.165, 1.54) is 32.1 Å². The molecule has 166 valence electrons. The summed E-state index contributed by atoms with van der Waals surface area (Å²) in [4.78, 5) is 30.1. The van der Waals surface area contributed by atoms with Crippen LogP contribution in [-0.4, -0.2) is 78.8 Å². The van der Waals surface area contributed by atoms with Crippen molar-refractivity contribution in [3.8, 4) is 6.07 Å². The molecule has 2 aliphatic carbocycles. The highest BCUT2D eigenvalue weighted by atomic mass is 16.5. The molecule has 0 bridgehead atoms. The van der Waals surface area contributed by atoms with Gasteiger partial charge >= 0.3 is 6.03 Å². The second-order valence-corrected chi connectivity index (χ2v) is 9.48. The minimum Gasteiger partial charge on any atom is -0.378 e. The number of likely N-dealkylation sites (tertiary alicyclic amines) is 1. The van der Waals surface area contributed by atoms with Gasteiger partial charge in [0, 0.05) is 32.2 Å². The third-order valence-electron chi connectivity index (χ3n) is 7.14. The summed E-state index contributed by atoms with van der Waals surface area (Å²) < 4.78 is 5.33. The van der Waals surface area contributed by atoms with Crippen molar-refractivity contribution in [3.05, 3.63) is 0 Å². The molecule has 0 spiro atoms. The van der Waals surface area contributed by atoms with Crippen LogP contribution in [0.5, 0.6) is 0 Å². The molecule has 30 heavy (non-hydrogen) atoms. The number of urea groups is 1. The number of carbonyl (C=O) groups excluding carboxylic acids is 2. The molecule has 2 heterocycles. The Morgan fingerprint density at radius 1 is 1.10 bits per heavy atom. The highest BCUT2D eigenvalue weighted by Crippen LogP contribution is 2.33. The topological polar surface area (TPSA) is 97.7 Å². The lowest BCUT2D eigenvalue weighted by atomic mass is 9.84. The number of nitriles is 1. The van der Waals surface area contributed by atoms with Crippen LogP contribution >= 0.6 is 0 Å². The molecule has 2 saturated heterocycles. The van der Waals surface area contributed by atoms with Crippen molar-refractivity contribution < 1.29 is 14.3 Å². The molecular weight excluding hydrogens is 382 g/mol. The van der Waals surface area contributed by atoms with E-state index in [1.54, 1.807) is 4.90 Å². The molecule has 4 rings (SSSR count). The lowest BCUT2D eigenvalue weighted by Gasteiger charge is -2.32. The van der Waals surface area contributed by atoms with Crippen LogP contribution in [0.3, 0.4) is 0 Å². The van der Waals surface area contributed by atoms with E-state index in [4.69, 9.17) is 4.74 Å². The van der Waals surface area contributed by atoms with Crippen LogP contribution in [0.1, 0.15) is 57.8 Å². The average molecular weight is 418 g/mol. The van der Waals surface area contributed by atoms with Gasteiger partial charge in [0.05, 0.1) is 19.3 Å². The Morgan fingerprint density at radius 2 is 1.83 bits per heavy atom. The monoisotopic (exact) mass is 417 g/mol. The van der Waals surface area contributed by atoms with E-state index >= 15 is 0 Å². The van der Waals surface area contributed by atoms with Crippen LogP contribution in [0, 0.1) is 17.2 Å². The number of nitrogens with zero attached hydrogens (tertiary/aromatic N) is 3. The Bertz CT molecular complexity index is 664. The molecule has 0 radical (unpaired) electrons. The SMILES string of the molecule is N#CC1(NC(=O)C(CC2CCCCC2)NC(=O)N2CCOCC2)CCN(C2CC2)C1. The number of rotatable bonds is 6. The summed E-state index contributed by atoms with van der Waals surface area (Å²) in [5.41, 5.74) is -0.839. The normalized spacial score (nSPS) is 29.2. The molecule has 0 aromatic heterocycles. The van der Waals surface area contributed by atoms with Gasteiger partial charge in [0.1, 0.15) is 11.6 Å². The van der Waals surface area contributed by atoms with Crippen molar-refractivity contribution in [2.24, 2.45) is 5.92 Å². The van der Waals surface area contributed by atoms with Gasteiger partial charge < -0.3 is 20.3 Å². The van der Waals surface area contributed by atoms with E-state index in [2.05, 4.69) is 21.6 Å². The Hall–Kier alpha value is -1.85. The largest absolute Gasteiger partial charge is 0.378 e. The highest BCUT2D eigenvalue weighted by Gasteiger charge is 2.45. The fraction of sp³-hybridized carbons (Fsp3) is 0.864. The fourth-order valence-corrected chi connectivity index (χ4v) is 5.13. The van der Waals surface area contributed by atoms with Gasteiger partial charge in [0.2, 0.25) is 5.91 Å². The fourth-order valence-electron chi connectivity index (χ4n) is 5.13. The Labute approximate surface area is 179 Å². The first-order chi connectivity index (χ1) is 14.6. The van der Waals surface area contributed by atoms with E-state index in [0.717, 1.165) is 19.4 Å². The minimum atomic E-state index is -0.839. The maximum atomic E-state index is 13.3. The van der Waals surface area contributed by atoms with Gasteiger partial charge in [-0.1, -0.05) is 32.1 Å². The number of morpholine rings is 1. The third kappa shape index (κ3) is 5.25. The zero-order valence-corrected chi connectivity index (χ0v) is 17.9. The summed E-state index contributed by atoms with van der Waals surface area (Å²) >= 11 is 0. The predicted octanol–water partition coefficient (Wildman–Crippen LogP) is 1.61. The number of nitrogens with one attached hydrogen (secondary N) is 2. The third-order valence-corrected chi connectivity index (χ3v) is 7.14. The second-order valence-electron chi connectivity index (χ2n) is 9.48. The van der Waals surface area contributed by atoms with Crippen LogP contribution < -0.4 is 10.6 Å². The Balaban J connectivity index is 1.41. The summed E-state index contributed by atoms with van der Waals surface area (Å²) in [5, 5.41) is 15.9. The van der Waals surface area contributed by atoms with Gasteiger partial charge in [0.25, 0.3) is 0 Å². The van der Waals surface area contributed by atoms with Crippen molar-refractivity contribution >= 4 is 11.9 Å². The zero-order valence-electron chi connectivity index (χ0n) is 17.9. The van der Waals surface area contributed by atoms with Gasteiger partial charge in [-0.15, -0.1) is 0 Å². The summed E-state index contributed by atoms with van der Waals surface area (Å²) in [6.45, 7) is 3.59. The van der Waals surface area contributed by atoms with Crippen LogP contribution in [-0.2, 0) is 9.53 Å². The molecule has 2 saturated carbocycles. The van der Waals surface area contributed by atoms with Crippen LogP contribution in [0.15, 0.2) is 0 Å². The second kappa shape index (κ2) is 9.52. The van der Waals surface area contributed by atoms with Gasteiger partial charge in [-0.3, -0.25) is 9.69 Å². The number of amides is 3. The van der Waals surface area contributed by atoms with Crippen molar-refractivity contribution in [3.63, 3.8) is 0 Å². The van der Waals surface area contributed by atoms with Crippen molar-refractivity contribution in [2.45, 2.75) is 75.4 Å². The average Bonchev–Trinajstić information content (AvgIpc) is 3.55. The molecule has 2 atom stereocenters. The van der Waals surface area contributed by atoms with Crippen molar-refractivity contribution in [1.29, 1.82) is 5.26 Å². The minimum absolute atomic E-state index is 0.203.